The number of nitrogens with zero attached hydrogens (tertiary/aromatic N) is 3. The summed E-state index contributed by atoms with van der Waals surface area (Å²) in [5.41, 5.74) is 1.98. The van der Waals surface area contributed by atoms with Gasteiger partial charge in [0, 0.05) is 18.8 Å². The highest BCUT2D eigenvalue weighted by molar-refractivity contribution is 5.92. The van der Waals surface area contributed by atoms with Gasteiger partial charge in [-0.15, -0.1) is 0 Å². The van der Waals surface area contributed by atoms with Gasteiger partial charge in [0.2, 0.25) is 5.95 Å². The average Bonchev–Trinajstić information content (AvgIpc) is 2.63. The van der Waals surface area contributed by atoms with E-state index in [9.17, 15) is 4.79 Å². The molecule has 1 fully saturated rings. The lowest BCUT2D eigenvalue weighted by Gasteiger charge is -2.26. The molecule has 1 saturated heterocycles. The number of rotatable bonds is 5. The molecule has 2 heterocycles. The Labute approximate surface area is 148 Å². The van der Waals surface area contributed by atoms with Crippen molar-refractivity contribution in [2.24, 2.45) is 0 Å². The SMILES string of the molecule is CCOc1ccccc1Nc1nc(C)cc(C(=O)N2CCCCC2)n1. The lowest BCUT2D eigenvalue weighted by molar-refractivity contribution is 0.0718. The molecule has 1 N–H and O–H groups in total. The maximum atomic E-state index is 12.7. The average molecular weight is 340 g/mol. The maximum Gasteiger partial charge on any atom is 0.272 e. The van der Waals surface area contributed by atoms with Crippen LogP contribution in [0.2, 0.25) is 0 Å². The summed E-state index contributed by atoms with van der Waals surface area (Å²) in [4.78, 5) is 23.4. The van der Waals surface area contributed by atoms with Crippen LogP contribution in [-0.2, 0) is 0 Å². The molecule has 1 aliphatic rings. The van der Waals surface area contributed by atoms with E-state index in [0.717, 1.165) is 43.1 Å². The first-order chi connectivity index (χ1) is 12.2. The summed E-state index contributed by atoms with van der Waals surface area (Å²) in [6.45, 7) is 5.99. The molecule has 0 unspecified atom stereocenters. The van der Waals surface area contributed by atoms with Gasteiger partial charge in [0.25, 0.3) is 5.91 Å². The third-order valence-electron chi connectivity index (χ3n) is 4.15. The third kappa shape index (κ3) is 4.26. The summed E-state index contributed by atoms with van der Waals surface area (Å²) >= 11 is 0. The van der Waals surface area contributed by atoms with Gasteiger partial charge in [0.05, 0.1) is 12.3 Å². The van der Waals surface area contributed by atoms with E-state index in [1.54, 1.807) is 6.07 Å². The zero-order chi connectivity index (χ0) is 17.6. The Kier molecular flexibility index (Phi) is 5.48. The number of carbonyl (C=O) groups is 1. The Hall–Kier alpha value is -2.63. The minimum atomic E-state index is -0.0219. The molecule has 2 aromatic rings. The van der Waals surface area contributed by atoms with Crippen LogP contribution in [0.3, 0.4) is 0 Å². The largest absolute Gasteiger partial charge is 0.492 e. The predicted molar refractivity (Wildman–Crippen MR) is 97.4 cm³/mol. The van der Waals surface area contributed by atoms with Crippen LogP contribution in [0.15, 0.2) is 30.3 Å². The molecule has 1 aliphatic heterocycles. The first kappa shape index (κ1) is 17.2. The van der Waals surface area contributed by atoms with Crippen molar-refractivity contribution < 1.29 is 9.53 Å². The van der Waals surface area contributed by atoms with Gasteiger partial charge in [0.15, 0.2) is 0 Å². The fourth-order valence-corrected chi connectivity index (χ4v) is 2.96. The number of aryl methyl sites for hydroxylation is 1. The van der Waals surface area contributed by atoms with Crippen molar-refractivity contribution >= 4 is 17.5 Å². The second-order valence-electron chi connectivity index (χ2n) is 6.13. The molecular formula is C19H24N4O2. The van der Waals surface area contributed by atoms with Crippen LogP contribution < -0.4 is 10.1 Å². The van der Waals surface area contributed by atoms with E-state index in [2.05, 4.69) is 15.3 Å². The molecule has 132 valence electrons. The number of anilines is 2. The number of nitrogens with one attached hydrogen (secondary N) is 1. The van der Waals surface area contributed by atoms with E-state index >= 15 is 0 Å². The van der Waals surface area contributed by atoms with Crippen LogP contribution in [0.1, 0.15) is 42.4 Å². The number of carbonyl (C=O) groups excluding carboxylic acids is 1. The van der Waals surface area contributed by atoms with Crippen LogP contribution in [0.5, 0.6) is 5.75 Å². The van der Waals surface area contributed by atoms with Gasteiger partial charge in [-0.2, -0.15) is 0 Å². The lowest BCUT2D eigenvalue weighted by Crippen LogP contribution is -2.36. The molecule has 0 aliphatic carbocycles. The Bertz CT molecular complexity index is 742. The van der Waals surface area contributed by atoms with Gasteiger partial charge >= 0.3 is 0 Å². The van der Waals surface area contributed by atoms with Gasteiger partial charge < -0.3 is 15.0 Å². The number of amides is 1. The molecule has 6 heteroatoms. The molecule has 25 heavy (non-hydrogen) atoms. The second-order valence-corrected chi connectivity index (χ2v) is 6.13. The number of aromatic nitrogens is 2. The number of hydrogen-bond acceptors (Lipinski definition) is 5. The van der Waals surface area contributed by atoms with Gasteiger partial charge in [-0.05, 0) is 51.3 Å². The predicted octanol–water partition coefficient (Wildman–Crippen LogP) is 3.55. The van der Waals surface area contributed by atoms with Crippen molar-refractivity contribution in [2.45, 2.75) is 33.1 Å². The molecule has 0 bridgehead atoms. The first-order valence-corrected chi connectivity index (χ1v) is 8.81. The van der Waals surface area contributed by atoms with E-state index in [1.165, 1.54) is 6.42 Å². The Balaban J connectivity index is 1.83. The zero-order valence-corrected chi connectivity index (χ0v) is 14.8. The van der Waals surface area contributed by atoms with Crippen LogP contribution >= 0.6 is 0 Å². The monoisotopic (exact) mass is 340 g/mol. The highest BCUT2D eigenvalue weighted by Crippen LogP contribution is 2.26. The molecule has 0 saturated carbocycles. The molecule has 3 rings (SSSR count). The molecule has 1 amide bonds. The van der Waals surface area contributed by atoms with Crippen LogP contribution in [0.4, 0.5) is 11.6 Å². The van der Waals surface area contributed by atoms with E-state index < -0.39 is 0 Å². The van der Waals surface area contributed by atoms with Gasteiger partial charge in [-0.1, -0.05) is 12.1 Å². The maximum absolute atomic E-state index is 12.7. The van der Waals surface area contributed by atoms with Gasteiger partial charge in [0.1, 0.15) is 11.4 Å². The number of likely N-dealkylation sites (tertiary alicyclic amines) is 1. The van der Waals surface area contributed by atoms with Crippen LogP contribution in [-0.4, -0.2) is 40.5 Å². The summed E-state index contributed by atoms with van der Waals surface area (Å²) in [7, 11) is 0. The van der Waals surface area contributed by atoms with Crippen molar-refractivity contribution in [3.8, 4) is 5.75 Å². The molecule has 0 atom stereocenters. The van der Waals surface area contributed by atoms with E-state index in [-0.39, 0.29) is 5.91 Å². The van der Waals surface area contributed by atoms with Crippen molar-refractivity contribution in [2.75, 3.05) is 25.0 Å². The summed E-state index contributed by atoms with van der Waals surface area (Å²) in [6, 6.07) is 9.37. The molecule has 6 nitrogen and oxygen atoms in total. The van der Waals surface area contributed by atoms with Crippen molar-refractivity contribution in [1.82, 2.24) is 14.9 Å². The minimum Gasteiger partial charge on any atom is -0.492 e. The second kappa shape index (κ2) is 7.96. The Morgan fingerprint density at radius 2 is 1.96 bits per heavy atom. The minimum absolute atomic E-state index is 0.0219. The van der Waals surface area contributed by atoms with Crippen molar-refractivity contribution in [3.05, 3.63) is 41.7 Å². The molecular weight excluding hydrogens is 316 g/mol. The van der Waals surface area contributed by atoms with Crippen LogP contribution in [0.25, 0.3) is 0 Å². The van der Waals surface area contributed by atoms with Crippen LogP contribution in [0, 0.1) is 6.92 Å². The van der Waals surface area contributed by atoms with Gasteiger partial charge in [-0.3, -0.25) is 4.79 Å². The number of piperidine rings is 1. The van der Waals surface area contributed by atoms with Crippen molar-refractivity contribution in [1.29, 1.82) is 0 Å². The van der Waals surface area contributed by atoms with E-state index in [1.807, 2.05) is 43.0 Å². The molecule has 1 aromatic heterocycles. The van der Waals surface area contributed by atoms with E-state index in [4.69, 9.17) is 4.74 Å². The normalized spacial score (nSPS) is 14.2. The molecule has 0 spiro atoms. The third-order valence-corrected chi connectivity index (χ3v) is 4.15. The highest BCUT2D eigenvalue weighted by atomic mass is 16.5. The number of ether oxygens (including phenoxy) is 1. The number of hydrogen-bond donors (Lipinski definition) is 1. The Morgan fingerprint density at radius 1 is 1.20 bits per heavy atom. The number of benzene rings is 1. The number of para-hydroxylation sites is 2. The Morgan fingerprint density at radius 3 is 2.72 bits per heavy atom. The first-order valence-electron chi connectivity index (χ1n) is 8.81. The quantitative estimate of drug-likeness (QED) is 0.901. The zero-order valence-electron chi connectivity index (χ0n) is 14.8. The lowest BCUT2D eigenvalue weighted by atomic mass is 10.1. The molecule has 0 radical (unpaired) electrons. The topological polar surface area (TPSA) is 67.3 Å². The summed E-state index contributed by atoms with van der Waals surface area (Å²) in [6.07, 6.45) is 3.30. The standard InChI is InChI=1S/C19H24N4O2/c1-3-25-17-10-6-5-9-15(17)21-19-20-14(2)13-16(22-19)18(24)23-11-7-4-8-12-23/h5-6,9-10,13H,3-4,7-8,11-12H2,1-2H3,(H,20,21,22). The van der Waals surface area contributed by atoms with E-state index in [0.29, 0.717) is 18.2 Å². The molecule has 1 aromatic carbocycles. The summed E-state index contributed by atoms with van der Waals surface area (Å²) < 4.78 is 5.62. The fraction of sp³-hybridized carbons (Fsp3) is 0.421. The van der Waals surface area contributed by atoms with Gasteiger partial charge in [-0.25, -0.2) is 9.97 Å². The highest BCUT2D eigenvalue weighted by Gasteiger charge is 2.20. The smallest absolute Gasteiger partial charge is 0.272 e. The fourth-order valence-electron chi connectivity index (χ4n) is 2.96. The summed E-state index contributed by atoms with van der Waals surface area (Å²) in [5, 5.41) is 3.18. The van der Waals surface area contributed by atoms with Crippen molar-refractivity contribution in [3.63, 3.8) is 0 Å². The summed E-state index contributed by atoms with van der Waals surface area (Å²) in [5.74, 6) is 1.12.